The predicted molar refractivity (Wildman–Crippen MR) is 86.6 cm³/mol. The van der Waals surface area contributed by atoms with Gasteiger partial charge in [0.05, 0.1) is 0 Å². The van der Waals surface area contributed by atoms with E-state index in [1.807, 2.05) is 29.5 Å². The zero-order chi connectivity index (χ0) is 13.9. The van der Waals surface area contributed by atoms with Crippen LogP contribution in [0.15, 0.2) is 29.1 Å². The molecule has 3 rings (SSSR count). The molecule has 0 fully saturated rings. The zero-order valence-corrected chi connectivity index (χ0v) is 12.8. The van der Waals surface area contributed by atoms with Gasteiger partial charge < -0.3 is 0 Å². The van der Waals surface area contributed by atoms with E-state index in [0.29, 0.717) is 0 Å². The Kier molecular flexibility index (Phi) is 4.18. The molecule has 2 nitrogen and oxygen atoms in total. The summed E-state index contributed by atoms with van der Waals surface area (Å²) < 4.78 is 1.13. The topological polar surface area (TPSA) is 20.3 Å². The van der Waals surface area contributed by atoms with E-state index >= 15 is 0 Å². The lowest BCUT2D eigenvalue weighted by Crippen LogP contribution is -2.34. The summed E-state index contributed by atoms with van der Waals surface area (Å²) >= 11 is 1.81. The summed E-state index contributed by atoms with van der Waals surface area (Å²) in [4.78, 5) is 16.4. The van der Waals surface area contributed by atoms with Crippen LogP contribution in [-0.2, 0) is 13.0 Å². The van der Waals surface area contributed by atoms with Gasteiger partial charge in [0.15, 0.2) is 5.43 Å². The molecule has 1 aliphatic rings. The Morgan fingerprint density at radius 2 is 2.10 bits per heavy atom. The molecule has 0 aliphatic carbocycles. The molecule has 0 unspecified atom stereocenters. The van der Waals surface area contributed by atoms with Crippen LogP contribution in [0.25, 0.3) is 10.1 Å². The third-order valence-electron chi connectivity index (χ3n) is 4.09. The van der Waals surface area contributed by atoms with Crippen molar-refractivity contribution < 1.29 is 0 Å². The molecule has 0 saturated carbocycles. The Hall–Kier alpha value is -1.19. The molecule has 0 N–H and O–H groups in total. The van der Waals surface area contributed by atoms with Gasteiger partial charge in [-0.15, -0.1) is 11.3 Å². The molecule has 2 aromatic rings. The average Bonchev–Trinajstić information content (AvgIpc) is 2.48. The predicted octanol–water partition coefficient (Wildman–Crippen LogP) is 3.81. The van der Waals surface area contributed by atoms with Gasteiger partial charge in [-0.3, -0.25) is 9.69 Å². The van der Waals surface area contributed by atoms with E-state index < -0.39 is 0 Å². The van der Waals surface area contributed by atoms with Crippen LogP contribution in [0.3, 0.4) is 0 Å². The van der Waals surface area contributed by atoms with Gasteiger partial charge in [0, 0.05) is 33.6 Å². The van der Waals surface area contributed by atoms with E-state index in [1.165, 1.54) is 24.1 Å². The molecular weight excluding hydrogens is 266 g/mol. The first-order valence-electron chi connectivity index (χ1n) is 7.55. The minimum absolute atomic E-state index is 0.259. The standard InChI is InChI=1S/C17H21NOS/c1-2-3-6-10-18-11-9-16-14(12-18)17(19)13-7-4-5-8-15(13)20-16/h4-5,7-8H,2-3,6,9-12H2,1H3. The lowest BCUT2D eigenvalue weighted by molar-refractivity contribution is 0.249. The first-order chi connectivity index (χ1) is 9.79. The number of rotatable bonds is 4. The second-order valence-electron chi connectivity index (χ2n) is 5.56. The van der Waals surface area contributed by atoms with Crippen molar-refractivity contribution in [2.24, 2.45) is 0 Å². The fraction of sp³-hybridized carbons (Fsp3) is 0.471. The third kappa shape index (κ3) is 2.65. The molecule has 0 amide bonds. The summed E-state index contributed by atoms with van der Waals surface area (Å²) in [7, 11) is 0. The highest BCUT2D eigenvalue weighted by Crippen LogP contribution is 2.26. The van der Waals surface area contributed by atoms with Crippen LogP contribution < -0.4 is 5.43 Å². The van der Waals surface area contributed by atoms with Crippen LogP contribution in [0.1, 0.15) is 36.6 Å². The summed E-state index contributed by atoms with van der Waals surface area (Å²) in [6, 6.07) is 8.01. The van der Waals surface area contributed by atoms with Crippen molar-refractivity contribution in [2.45, 2.75) is 39.2 Å². The summed E-state index contributed by atoms with van der Waals surface area (Å²) in [6.45, 7) is 5.31. The number of hydrogen-bond donors (Lipinski definition) is 0. The van der Waals surface area contributed by atoms with Crippen molar-refractivity contribution in [3.63, 3.8) is 0 Å². The van der Waals surface area contributed by atoms with E-state index in [9.17, 15) is 4.79 Å². The zero-order valence-electron chi connectivity index (χ0n) is 12.0. The Morgan fingerprint density at radius 3 is 2.95 bits per heavy atom. The van der Waals surface area contributed by atoms with Gasteiger partial charge in [-0.05, 0) is 31.5 Å². The normalized spacial score (nSPS) is 15.4. The average molecular weight is 287 g/mol. The van der Waals surface area contributed by atoms with Crippen LogP contribution in [0.2, 0.25) is 0 Å². The molecule has 1 aliphatic heterocycles. The largest absolute Gasteiger partial charge is 0.299 e. The maximum absolute atomic E-state index is 12.6. The molecule has 0 saturated heterocycles. The van der Waals surface area contributed by atoms with Crippen LogP contribution >= 0.6 is 11.3 Å². The van der Waals surface area contributed by atoms with Crippen molar-refractivity contribution in [3.8, 4) is 0 Å². The number of fused-ring (bicyclic) bond motifs is 2. The monoisotopic (exact) mass is 287 g/mol. The minimum atomic E-state index is 0.259. The van der Waals surface area contributed by atoms with E-state index in [2.05, 4.69) is 17.9 Å². The first-order valence-corrected chi connectivity index (χ1v) is 8.37. The van der Waals surface area contributed by atoms with E-state index in [-0.39, 0.29) is 5.43 Å². The molecule has 3 heteroatoms. The maximum Gasteiger partial charge on any atom is 0.192 e. The van der Waals surface area contributed by atoms with Crippen molar-refractivity contribution in [1.82, 2.24) is 4.90 Å². The van der Waals surface area contributed by atoms with Crippen LogP contribution in [-0.4, -0.2) is 18.0 Å². The highest BCUT2D eigenvalue weighted by atomic mass is 32.1. The first kappa shape index (κ1) is 13.8. The second kappa shape index (κ2) is 6.06. The van der Waals surface area contributed by atoms with Gasteiger partial charge in [-0.1, -0.05) is 31.9 Å². The number of hydrogen-bond acceptors (Lipinski definition) is 3. The van der Waals surface area contributed by atoms with Gasteiger partial charge in [0.25, 0.3) is 0 Å². The smallest absolute Gasteiger partial charge is 0.192 e. The number of unbranched alkanes of at least 4 members (excludes halogenated alkanes) is 2. The second-order valence-corrected chi connectivity index (χ2v) is 6.70. The number of nitrogens with zero attached hydrogens (tertiary/aromatic N) is 1. The molecular formula is C17H21NOS. The Morgan fingerprint density at radius 1 is 1.25 bits per heavy atom. The molecule has 1 aromatic carbocycles. The van der Waals surface area contributed by atoms with E-state index in [1.54, 1.807) is 0 Å². The lowest BCUT2D eigenvalue weighted by Gasteiger charge is -2.28. The molecule has 0 radical (unpaired) electrons. The summed E-state index contributed by atoms with van der Waals surface area (Å²) in [5.74, 6) is 0. The summed E-state index contributed by atoms with van der Waals surface area (Å²) in [6.07, 6.45) is 4.82. The Balaban J connectivity index is 1.89. The van der Waals surface area contributed by atoms with Crippen LogP contribution in [0, 0.1) is 0 Å². The van der Waals surface area contributed by atoms with E-state index in [0.717, 1.165) is 41.7 Å². The molecule has 0 spiro atoms. The van der Waals surface area contributed by atoms with Crippen molar-refractivity contribution >= 4 is 21.4 Å². The van der Waals surface area contributed by atoms with Gasteiger partial charge in [0.1, 0.15) is 0 Å². The third-order valence-corrected chi connectivity index (χ3v) is 5.36. The van der Waals surface area contributed by atoms with Gasteiger partial charge >= 0.3 is 0 Å². The van der Waals surface area contributed by atoms with E-state index in [4.69, 9.17) is 0 Å². The SMILES string of the molecule is CCCCCN1CCc2sc3ccccc3c(=O)c2C1. The quantitative estimate of drug-likeness (QED) is 0.797. The molecule has 20 heavy (non-hydrogen) atoms. The highest BCUT2D eigenvalue weighted by molar-refractivity contribution is 7.18. The molecule has 1 aromatic heterocycles. The van der Waals surface area contributed by atoms with Gasteiger partial charge in [0.2, 0.25) is 0 Å². The van der Waals surface area contributed by atoms with Crippen molar-refractivity contribution in [2.75, 3.05) is 13.1 Å². The van der Waals surface area contributed by atoms with Gasteiger partial charge in [-0.2, -0.15) is 0 Å². The fourth-order valence-electron chi connectivity index (χ4n) is 2.93. The van der Waals surface area contributed by atoms with Crippen LogP contribution in [0.4, 0.5) is 0 Å². The molecule has 2 heterocycles. The van der Waals surface area contributed by atoms with Crippen molar-refractivity contribution in [1.29, 1.82) is 0 Å². The molecule has 0 bridgehead atoms. The highest BCUT2D eigenvalue weighted by Gasteiger charge is 2.20. The van der Waals surface area contributed by atoms with Gasteiger partial charge in [-0.25, -0.2) is 0 Å². The minimum Gasteiger partial charge on any atom is -0.299 e. The van der Waals surface area contributed by atoms with Crippen LogP contribution in [0.5, 0.6) is 0 Å². The molecule has 106 valence electrons. The Labute approximate surface area is 124 Å². The lowest BCUT2D eigenvalue weighted by atomic mass is 10.1. The fourth-order valence-corrected chi connectivity index (χ4v) is 4.08. The summed E-state index contributed by atoms with van der Waals surface area (Å²) in [5, 5.41) is 0.895. The maximum atomic E-state index is 12.6. The summed E-state index contributed by atoms with van der Waals surface area (Å²) in [5.41, 5.74) is 1.31. The Bertz CT molecular complexity index is 662. The number of benzene rings is 1. The van der Waals surface area contributed by atoms with Crippen molar-refractivity contribution in [3.05, 3.63) is 44.9 Å². The molecule has 0 atom stereocenters.